The molecule has 0 saturated carbocycles. The molecule has 0 N–H and O–H groups in total. The summed E-state index contributed by atoms with van der Waals surface area (Å²) in [6.45, 7) is 4.44. The molecule has 1 aliphatic heterocycles. The number of hydrogen-bond donors (Lipinski definition) is 0. The molecule has 0 radical (unpaired) electrons. The molecule has 1 heterocycles. The lowest BCUT2D eigenvalue weighted by atomic mass is 9.89. The van der Waals surface area contributed by atoms with Crippen molar-refractivity contribution in [2.24, 2.45) is 0 Å². The second-order valence-corrected chi connectivity index (χ2v) is 5.16. The third-order valence-electron chi connectivity index (χ3n) is 3.67. The summed E-state index contributed by atoms with van der Waals surface area (Å²) in [5, 5.41) is 0. The summed E-state index contributed by atoms with van der Waals surface area (Å²) in [5.74, 6) is 1.65. The Kier molecular flexibility index (Phi) is 2.83. The van der Waals surface area contributed by atoms with Gasteiger partial charge in [0.25, 0.3) is 0 Å². The molecule has 0 aliphatic carbocycles. The second kappa shape index (κ2) is 4.49. The molecule has 0 fully saturated rings. The minimum Gasteiger partial charge on any atom is -0.490 e. The minimum atomic E-state index is 0.303. The zero-order valence-corrected chi connectivity index (χ0v) is 10.9. The second-order valence-electron chi connectivity index (χ2n) is 5.16. The average molecular weight is 238 g/mol. The molecule has 2 unspecified atom stereocenters. The van der Waals surface area contributed by atoms with Crippen LogP contribution in [0.2, 0.25) is 0 Å². The smallest absolute Gasteiger partial charge is 0.130 e. The molecule has 92 valence electrons. The van der Waals surface area contributed by atoms with E-state index >= 15 is 0 Å². The summed E-state index contributed by atoms with van der Waals surface area (Å²) in [6, 6.07) is 17.0. The molecule has 18 heavy (non-hydrogen) atoms. The Bertz CT molecular complexity index is 545. The maximum atomic E-state index is 6.09. The van der Waals surface area contributed by atoms with E-state index in [1.807, 2.05) is 6.07 Å². The van der Waals surface area contributed by atoms with Crippen LogP contribution in [0.4, 0.5) is 0 Å². The van der Waals surface area contributed by atoms with Gasteiger partial charge in [-0.05, 0) is 30.4 Å². The molecular weight excluding hydrogens is 220 g/mol. The fourth-order valence-electron chi connectivity index (χ4n) is 2.79. The third kappa shape index (κ3) is 1.90. The normalized spacial score (nSPS) is 22.1. The zero-order valence-electron chi connectivity index (χ0n) is 10.9. The summed E-state index contributed by atoms with van der Waals surface area (Å²) in [6.07, 6.45) is 1.41. The molecule has 0 bridgehead atoms. The molecule has 0 saturated heterocycles. The predicted octanol–water partition coefficient (Wildman–Crippen LogP) is 4.63. The van der Waals surface area contributed by atoms with Crippen LogP contribution in [0.1, 0.15) is 31.7 Å². The summed E-state index contributed by atoms with van der Waals surface area (Å²) >= 11 is 0. The van der Waals surface area contributed by atoms with Gasteiger partial charge in [-0.15, -0.1) is 0 Å². The first-order valence-corrected chi connectivity index (χ1v) is 6.60. The molecule has 0 aromatic heterocycles. The third-order valence-corrected chi connectivity index (χ3v) is 3.67. The van der Waals surface area contributed by atoms with E-state index in [0.717, 1.165) is 12.2 Å². The Labute approximate surface area is 108 Å². The molecule has 2 atom stereocenters. The number of rotatable bonds is 1. The van der Waals surface area contributed by atoms with Crippen LogP contribution < -0.4 is 4.74 Å². The monoisotopic (exact) mass is 238 g/mol. The van der Waals surface area contributed by atoms with Crippen molar-refractivity contribution in [2.75, 3.05) is 0 Å². The van der Waals surface area contributed by atoms with Crippen LogP contribution >= 0.6 is 0 Å². The molecule has 1 aliphatic rings. The number of benzene rings is 2. The number of ether oxygens (including phenoxy) is 1. The van der Waals surface area contributed by atoms with Gasteiger partial charge < -0.3 is 4.74 Å². The standard InChI is InChI=1S/C17H18O/c1-12-11-13(2)18-17-15(12)9-6-10-16(17)14-7-4-3-5-8-14/h3-10,12-13H,11H2,1-2H3. The highest BCUT2D eigenvalue weighted by molar-refractivity contribution is 5.72. The van der Waals surface area contributed by atoms with Gasteiger partial charge in [-0.2, -0.15) is 0 Å². The van der Waals surface area contributed by atoms with Gasteiger partial charge in [-0.1, -0.05) is 55.5 Å². The van der Waals surface area contributed by atoms with E-state index in [0.29, 0.717) is 12.0 Å². The molecule has 0 amide bonds. The molecule has 1 nitrogen and oxygen atoms in total. The lowest BCUT2D eigenvalue weighted by Gasteiger charge is -2.30. The maximum absolute atomic E-state index is 6.09. The molecule has 3 rings (SSSR count). The van der Waals surface area contributed by atoms with E-state index in [-0.39, 0.29) is 0 Å². The van der Waals surface area contributed by atoms with Gasteiger partial charge in [0.05, 0.1) is 6.10 Å². The van der Waals surface area contributed by atoms with Gasteiger partial charge in [0.2, 0.25) is 0 Å². The molecule has 2 aromatic rings. The van der Waals surface area contributed by atoms with Crippen molar-refractivity contribution in [1.29, 1.82) is 0 Å². The number of para-hydroxylation sites is 1. The van der Waals surface area contributed by atoms with Crippen molar-refractivity contribution in [2.45, 2.75) is 32.3 Å². The van der Waals surface area contributed by atoms with E-state index in [9.17, 15) is 0 Å². The van der Waals surface area contributed by atoms with Gasteiger partial charge >= 0.3 is 0 Å². The molecule has 0 spiro atoms. The van der Waals surface area contributed by atoms with Gasteiger partial charge in [0.15, 0.2) is 0 Å². The highest BCUT2D eigenvalue weighted by Gasteiger charge is 2.24. The van der Waals surface area contributed by atoms with Crippen LogP contribution in [0.25, 0.3) is 11.1 Å². The van der Waals surface area contributed by atoms with Crippen molar-refractivity contribution in [3.8, 4) is 16.9 Å². The van der Waals surface area contributed by atoms with Crippen molar-refractivity contribution in [3.05, 3.63) is 54.1 Å². The maximum Gasteiger partial charge on any atom is 0.130 e. The minimum absolute atomic E-state index is 0.303. The lowest BCUT2D eigenvalue weighted by molar-refractivity contribution is 0.180. The number of fused-ring (bicyclic) bond motifs is 1. The van der Waals surface area contributed by atoms with Crippen molar-refractivity contribution < 1.29 is 4.74 Å². The largest absolute Gasteiger partial charge is 0.490 e. The van der Waals surface area contributed by atoms with Crippen LogP contribution in [0.3, 0.4) is 0 Å². The van der Waals surface area contributed by atoms with Gasteiger partial charge in [0, 0.05) is 5.56 Å². The average Bonchev–Trinajstić information content (AvgIpc) is 2.39. The van der Waals surface area contributed by atoms with Crippen LogP contribution in [-0.4, -0.2) is 6.10 Å². The topological polar surface area (TPSA) is 9.23 Å². The summed E-state index contributed by atoms with van der Waals surface area (Å²) < 4.78 is 6.09. The Morgan fingerprint density at radius 2 is 1.72 bits per heavy atom. The Hall–Kier alpha value is -1.76. The highest BCUT2D eigenvalue weighted by Crippen LogP contribution is 2.42. The zero-order chi connectivity index (χ0) is 12.5. The summed E-state index contributed by atoms with van der Waals surface area (Å²) in [4.78, 5) is 0. The van der Waals surface area contributed by atoms with Gasteiger partial charge in [-0.3, -0.25) is 0 Å². The van der Waals surface area contributed by atoms with Crippen molar-refractivity contribution >= 4 is 0 Å². The lowest BCUT2D eigenvalue weighted by Crippen LogP contribution is -2.21. The van der Waals surface area contributed by atoms with Crippen molar-refractivity contribution in [3.63, 3.8) is 0 Å². The Morgan fingerprint density at radius 3 is 2.50 bits per heavy atom. The van der Waals surface area contributed by atoms with E-state index in [1.54, 1.807) is 0 Å². The Morgan fingerprint density at radius 1 is 0.944 bits per heavy atom. The molecule has 1 heteroatoms. The van der Waals surface area contributed by atoms with Crippen LogP contribution in [0, 0.1) is 0 Å². The van der Waals surface area contributed by atoms with E-state index in [2.05, 4.69) is 56.3 Å². The molecular formula is C17H18O. The van der Waals surface area contributed by atoms with Crippen LogP contribution in [0.15, 0.2) is 48.5 Å². The van der Waals surface area contributed by atoms with Gasteiger partial charge in [0.1, 0.15) is 5.75 Å². The fraction of sp³-hybridized carbons (Fsp3) is 0.294. The SMILES string of the molecule is CC1CC(C)c2cccc(-c3ccccc3)c2O1. The molecule has 2 aromatic carbocycles. The number of hydrogen-bond acceptors (Lipinski definition) is 1. The van der Waals surface area contributed by atoms with Crippen LogP contribution in [0.5, 0.6) is 5.75 Å². The van der Waals surface area contributed by atoms with E-state index in [1.165, 1.54) is 16.7 Å². The quantitative estimate of drug-likeness (QED) is 0.704. The van der Waals surface area contributed by atoms with Crippen molar-refractivity contribution in [1.82, 2.24) is 0 Å². The predicted molar refractivity (Wildman–Crippen MR) is 75.0 cm³/mol. The first kappa shape index (κ1) is 11.3. The summed E-state index contributed by atoms with van der Waals surface area (Å²) in [5.41, 5.74) is 3.79. The highest BCUT2D eigenvalue weighted by atomic mass is 16.5. The first-order valence-electron chi connectivity index (χ1n) is 6.60. The van der Waals surface area contributed by atoms with E-state index < -0.39 is 0 Å². The van der Waals surface area contributed by atoms with E-state index in [4.69, 9.17) is 4.74 Å². The summed E-state index contributed by atoms with van der Waals surface area (Å²) in [7, 11) is 0. The first-order chi connectivity index (χ1) is 8.75. The van der Waals surface area contributed by atoms with Crippen LogP contribution in [-0.2, 0) is 0 Å². The van der Waals surface area contributed by atoms with Gasteiger partial charge in [-0.25, -0.2) is 0 Å². The fourth-order valence-corrected chi connectivity index (χ4v) is 2.79. The Balaban J connectivity index is 2.15.